The molecule has 0 aliphatic rings. The second-order valence-electron chi connectivity index (χ2n) is 6.60. The molecule has 8 heteroatoms. The monoisotopic (exact) mass is 512 g/mol. The van der Waals surface area contributed by atoms with E-state index in [9.17, 15) is 0 Å². The predicted molar refractivity (Wildman–Crippen MR) is 129 cm³/mol. The number of thiazole rings is 1. The quantitative estimate of drug-likeness (QED) is 0.223. The van der Waals surface area contributed by atoms with Crippen LogP contribution in [0.3, 0.4) is 0 Å². The van der Waals surface area contributed by atoms with E-state index in [4.69, 9.17) is 4.99 Å². The second-order valence-corrected chi connectivity index (χ2v) is 7.66. The number of nitrogens with one attached hydrogen (secondary N) is 1. The maximum atomic E-state index is 4.80. The first kappa shape index (κ1) is 22.6. The smallest absolute Gasteiger partial charge is 0.194 e. The standard InChI is InChI=1S/C20H28N6S.HI/c1-5-21-20(25(4)13-17-14-27-16(3)24-17)22-11-8-12-26-15(2)23-18-9-6-7-10-19(18)26;/h6-7,9-10,14H,5,8,11-13H2,1-4H3,(H,21,22);1H. The van der Waals surface area contributed by atoms with Crippen molar-refractivity contribution < 1.29 is 0 Å². The van der Waals surface area contributed by atoms with E-state index < -0.39 is 0 Å². The van der Waals surface area contributed by atoms with Gasteiger partial charge in [0, 0.05) is 32.1 Å². The normalized spacial score (nSPS) is 11.5. The highest BCUT2D eigenvalue weighted by molar-refractivity contribution is 14.0. The Labute approximate surface area is 188 Å². The van der Waals surface area contributed by atoms with Gasteiger partial charge in [0.15, 0.2) is 5.96 Å². The number of imidazole rings is 1. The van der Waals surface area contributed by atoms with Crippen LogP contribution in [0.15, 0.2) is 34.6 Å². The molecule has 1 aromatic carbocycles. The van der Waals surface area contributed by atoms with Gasteiger partial charge in [0.05, 0.1) is 28.3 Å². The van der Waals surface area contributed by atoms with Crippen LogP contribution >= 0.6 is 35.3 Å². The summed E-state index contributed by atoms with van der Waals surface area (Å²) in [5, 5.41) is 6.59. The molecule has 2 aromatic heterocycles. The van der Waals surface area contributed by atoms with Gasteiger partial charge in [0.2, 0.25) is 0 Å². The molecule has 0 aliphatic carbocycles. The number of aromatic nitrogens is 3. The molecule has 0 amide bonds. The third-order valence-corrected chi connectivity index (χ3v) is 5.23. The number of para-hydroxylation sites is 2. The summed E-state index contributed by atoms with van der Waals surface area (Å²) < 4.78 is 2.28. The lowest BCUT2D eigenvalue weighted by molar-refractivity contribution is 0.470. The van der Waals surface area contributed by atoms with Crippen molar-refractivity contribution in [3.05, 3.63) is 46.2 Å². The van der Waals surface area contributed by atoms with Crippen LogP contribution in [0, 0.1) is 13.8 Å². The first-order valence-corrected chi connectivity index (χ1v) is 10.3. The number of hydrogen-bond donors (Lipinski definition) is 1. The second kappa shape index (κ2) is 10.8. The summed E-state index contributed by atoms with van der Waals surface area (Å²) in [6.07, 6.45) is 0.972. The minimum absolute atomic E-state index is 0. The molecule has 152 valence electrons. The van der Waals surface area contributed by atoms with E-state index in [2.05, 4.69) is 69.2 Å². The Morgan fingerprint density at radius 3 is 2.75 bits per heavy atom. The molecule has 2 heterocycles. The van der Waals surface area contributed by atoms with Gasteiger partial charge in [-0.25, -0.2) is 9.97 Å². The minimum atomic E-state index is 0. The zero-order valence-electron chi connectivity index (χ0n) is 17.0. The first-order chi connectivity index (χ1) is 13.1. The molecule has 0 unspecified atom stereocenters. The number of aryl methyl sites for hydroxylation is 3. The largest absolute Gasteiger partial charge is 0.357 e. The molecule has 0 aliphatic heterocycles. The van der Waals surface area contributed by atoms with Crippen LogP contribution in [0.1, 0.15) is 29.9 Å². The van der Waals surface area contributed by atoms with Crippen LogP contribution in [0.5, 0.6) is 0 Å². The van der Waals surface area contributed by atoms with Crippen LogP contribution in [-0.4, -0.2) is 45.5 Å². The lowest BCUT2D eigenvalue weighted by Gasteiger charge is -2.21. The van der Waals surface area contributed by atoms with E-state index in [1.807, 2.05) is 13.0 Å². The fourth-order valence-corrected chi connectivity index (χ4v) is 3.76. The van der Waals surface area contributed by atoms with E-state index in [1.165, 1.54) is 5.52 Å². The number of rotatable bonds is 7. The van der Waals surface area contributed by atoms with Crippen LogP contribution in [0.2, 0.25) is 0 Å². The fourth-order valence-electron chi connectivity index (χ4n) is 3.16. The van der Waals surface area contributed by atoms with Crippen LogP contribution in [-0.2, 0) is 13.1 Å². The fraction of sp³-hybridized carbons (Fsp3) is 0.450. The average molecular weight is 512 g/mol. The van der Waals surface area contributed by atoms with Gasteiger partial charge in [-0.3, -0.25) is 4.99 Å². The SMILES string of the molecule is CCNC(=NCCCn1c(C)nc2ccccc21)N(C)Cc1csc(C)n1.I. The van der Waals surface area contributed by atoms with Crippen molar-refractivity contribution in [3.63, 3.8) is 0 Å². The van der Waals surface area contributed by atoms with Gasteiger partial charge < -0.3 is 14.8 Å². The maximum absolute atomic E-state index is 4.80. The highest BCUT2D eigenvalue weighted by Crippen LogP contribution is 2.16. The van der Waals surface area contributed by atoms with Gasteiger partial charge in [0.1, 0.15) is 5.82 Å². The highest BCUT2D eigenvalue weighted by Gasteiger charge is 2.09. The summed E-state index contributed by atoms with van der Waals surface area (Å²) in [7, 11) is 2.06. The van der Waals surface area contributed by atoms with Gasteiger partial charge in [-0.1, -0.05) is 12.1 Å². The molecule has 6 nitrogen and oxygen atoms in total. The Bertz CT molecular complexity index is 916. The topological polar surface area (TPSA) is 58.3 Å². The van der Waals surface area contributed by atoms with Crippen molar-refractivity contribution in [2.24, 2.45) is 4.99 Å². The first-order valence-electron chi connectivity index (χ1n) is 9.40. The Morgan fingerprint density at radius 1 is 1.25 bits per heavy atom. The zero-order chi connectivity index (χ0) is 19.2. The number of benzene rings is 1. The lowest BCUT2D eigenvalue weighted by atomic mass is 10.3. The number of hydrogen-bond acceptors (Lipinski definition) is 4. The number of aliphatic imine (C=N–C) groups is 1. The van der Waals surface area contributed by atoms with E-state index in [0.717, 1.165) is 60.6 Å². The molecule has 1 N–H and O–H groups in total. The Morgan fingerprint density at radius 2 is 2.04 bits per heavy atom. The molecule has 0 saturated carbocycles. The van der Waals surface area contributed by atoms with Gasteiger partial charge in [-0.2, -0.15) is 0 Å². The number of fused-ring (bicyclic) bond motifs is 1. The lowest BCUT2D eigenvalue weighted by Crippen LogP contribution is -2.38. The van der Waals surface area contributed by atoms with E-state index in [0.29, 0.717) is 0 Å². The summed E-state index contributed by atoms with van der Waals surface area (Å²) in [6.45, 7) is 9.51. The molecule has 0 atom stereocenters. The third-order valence-electron chi connectivity index (χ3n) is 4.41. The molecule has 0 fully saturated rings. The summed E-state index contributed by atoms with van der Waals surface area (Å²) in [5.41, 5.74) is 3.35. The Kier molecular flexibility index (Phi) is 8.68. The van der Waals surface area contributed by atoms with Gasteiger partial charge in [-0.15, -0.1) is 35.3 Å². The van der Waals surface area contributed by atoms with E-state index >= 15 is 0 Å². The van der Waals surface area contributed by atoms with Crippen LogP contribution in [0.25, 0.3) is 11.0 Å². The predicted octanol–water partition coefficient (Wildman–Crippen LogP) is 4.22. The average Bonchev–Trinajstić information content (AvgIpc) is 3.20. The Hall–Kier alpha value is -1.68. The van der Waals surface area contributed by atoms with Gasteiger partial charge >= 0.3 is 0 Å². The molecule has 3 aromatic rings. The van der Waals surface area contributed by atoms with Crippen molar-refractivity contribution in [2.45, 2.75) is 40.3 Å². The van der Waals surface area contributed by atoms with E-state index in [-0.39, 0.29) is 24.0 Å². The van der Waals surface area contributed by atoms with Crippen molar-refractivity contribution in [1.82, 2.24) is 24.8 Å². The molecule has 3 rings (SSSR count). The zero-order valence-corrected chi connectivity index (χ0v) is 20.1. The van der Waals surface area contributed by atoms with Crippen LogP contribution < -0.4 is 5.32 Å². The van der Waals surface area contributed by atoms with Gasteiger partial charge in [-0.05, 0) is 39.3 Å². The summed E-state index contributed by atoms with van der Waals surface area (Å²) in [6, 6.07) is 8.30. The molecule has 0 radical (unpaired) electrons. The highest BCUT2D eigenvalue weighted by atomic mass is 127. The minimum Gasteiger partial charge on any atom is -0.357 e. The van der Waals surface area contributed by atoms with Crippen molar-refractivity contribution in [2.75, 3.05) is 20.1 Å². The van der Waals surface area contributed by atoms with Gasteiger partial charge in [0.25, 0.3) is 0 Å². The molecular weight excluding hydrogens is 483 g/mol. The number of nitrogens with zero attached hydrogens (tertiary/aromatic N) is 5. The van der Waals surface area contributed by atoms with E-state index in [1.54, 1.807) is 11.3 Å². The molecule has 0 spiro atoms. The Balaban J connectivity index is 0.00000280. The van der Waals surface area contributed by atoms with Crippen LogP contribution in [0.4, 0.5) is 0 Å². The molecule has 28 heavy (non-hydrogen) atoms. The molecular formula is C20H29IN6S. The summed E-state index contributed by atoms with van der Waals surface area (Å²) in [4.78, 5) is 16.1. The number of halogens is 1. The maximum Gasteiger partial charge on any atom is 0.194 e. The molecule has 0 bridgehead atoms. The van der Waals surface area contributed by atoms with Crippen molar-refractivity contribution in [3.8, 4) is 0 Å². The third kappa shape index (κ3) is 5.66. The number of guanidine groups is 1. The molecule has 0 saturated heterocycles. The van der Waals surface area contributed by atoms with Crippen molar-refractivity contribution >= 4 is 52.3 Å². The summed E-state index contributed by atoms with van der Waals surface area (Å²) in [5.74, 6) is 1.98. The van der Waals surface area contributed by atoms with Crippen molar-refractivity contribution in [1.29, 1.82) is 0 Å². The summed E-state index contributed by atoms with van der Waals surface area (Å²) >= 11 is 1.69.